The van der Waals surface area contributed by atoms with Crippen LogP contribution in [-0.4, -0.2) is 44.7 Å². The normalized spacial score (nSPS) is 16.2. The number of hydrogen-bond acceptors (Lipinski definition) is 5. The summed E-state index contributed by atoms with van der Waals surface area (Å²) in [6.07, 6.45) is 2.33. The minimum atomic E-state index is -3.89. The molecule has 1 N–H and O–H groups in total. The predicted octanol–water partition coefficient (Wildman–Crippen LogP) is 3.79. The third-order valence-electron chi connectivity index (χ3n) is 5.58. The number of likely N-dealkylation sites (tertiary alicyclic amines) is 1. The van der Waals surface area contributed by atoms with E-state index in [2.05, 4.69) is 14.8 Å². The number of hydrogen-bond donors (Lipinski definition) is 1. The van der Waals surface area contributed by atoms with E-state index in [0.717, 1.165) is 49.1 Å². The van der Waals surface area contributed by atoms with E-state index in [1.807, 2.05) is 0 Å². The number of piperidine rings is 1. The lowest BCUT2D eigenvalue weighted by molar-refractivity contribution is 0.208. The van der Waals surface area contributed by atoms with Crippen molar-refractivity contribution in [2.24, 2.45) is 0 Å². The predicted molar refractivity (Wildman–Crippen MR) is 109 cm³/mol. The Balaban J connectivity index is 1.24. The Morgan fingerprint density at radius 2 is 1.84 bits per heavy atom. The summed E-state index contributed by atoms with van der Waals surface area (Å²) in [5.74, 6) is -2.41. The van der Waals surface area contributed by atoms with Gasteiger partial charge in [0.1, 0.15) is 5.82 Å². The third-order valence-corrected chi connectivity index (χ3v) is 7.04. The first-order valence-electron chi connectivity index (χ1n) is 10.1. The smallest absolute Gasteiger partial charge is 0.240 e. The molecular weight excluding hydrogens is 431 g/mol. The molecule has 0 unspecified atom stereocenters. The highest BCUT2D eigenvalue weighted by atomic mass is 32.2. The molecule has 10 heteroatoms. The minimum absolute atomic E-state index is 0.195. The summed E-state index contributed by atoms with van der Waals surface area (Å²) in [4.78, 5) is 1.94. The van der Waals surface area contributed by atoms with Gasteiger partial charge in [-0.15, -0.1) is 0 Å². The van der Waals surface area contributed by atoms with Crippen molar-refractivity contribution in [1.29, 1.82) is 0 Å². The number of rotatable bonds is 7. The van der Waals surface area contributed by atoms with Gasteiger partial charge in [-0.3, -0.25) is 0 Å². The van der Waals surface area contributed by atoms with Crippen molar-refractivity contribution in [3.05, 3.63) is 59.5 Å². The van der Waals surface area contributed by atoms with Crippen LogP contribution in [-0.2, 0) is 10.0 Å². The van der Waals surface area contributed by atoms with Crippen molar-refractivity contribution >= 4 is 21.0 Å². The Morgan fingerprint density at radius 3 is 2.58 bits per heavy atom. The van der Waals surface area contributed by atoms with Crippen LogP contribution in [0.15, 0.2) is 45.8 Å². The van der Waals surface area contributed by atoms with Crippen LogP contribution < -0.4 is 4.72 Å². The number of nitrogens with one attached hydrogen (secondary N) is 1. The van der Waals surface area contributed by atoms with E-state index in [0.29, 0.717) is 24.6 Å². The summed E-state index contributed by atoms with van der Waals surface area (Å²) in [6.45, 7) is 2.56. The molecule has 0 saturated carbocycles. The van der Waals surface area contributed by atoms with Crippen LogP contribution in [0.25, 0.3) is 11.0 Å². The van der Waals surface area contributed by atoms with Crippen LogP contribution in [0.5, 0.6) is 0 Å². The molecule has 2 aromatic carbocycles. The lowest BCUT2D eigenvalue weighted by atomic mass is 9.91. The second-order valence-electron chi connectivity index (χ2n) is 7.65. The van der Waals surface area contributed by atoms with Crippen molar-refractivity contribution in [2.75, 3.05) is 26.2 Å². The average molecular weight is 453 g/mol. The number of sulfonamides is 1. The van der Waals surface area contributed by atoms with Gasteiger partial charge in [-0.05, 0) is 69.2 Å². The van der Waals surface area contributed by atoms with E-state index in [1.165, 1.54) is 12.1 Å². The zero-order valence-corrected chi connectivity index (χ0v) is 17.5. The molecule has 0 radical (unpaired) electrons. The molecule has 166 valence electrons. The maximum Gasteiger partial charge on any atom is 0.240 e. The van der Waals surface area contributed by atoms with Crippen LogP contribution in [0.3, 0.4) is 0 Å². The molecule has 4 rings (SSSR count). The molecule has 31 heavy (non-hydrogen) atoms. The molecule has 0 spiro atoms. The van der Waals surface area contributed by atoms with Gasteiger partial charge < -0.3 is 9.42 Å². The lowest BCUT2D eigenvalue weighted by Gasteiger charge is -2.31. The van der Waals surface area contributed by atoms with Crippen molar-refractivity contribution in [2.45, 2.75) is 30.1 Å². The van der Waals surface area contributed by atoms with Crippen LogP contribution >= 0.6 is 0 Å². The highest BCUT2D eigenvalue weighted by molar-refractivity contribution is 7.89. The molecule has 1 aromatic heterocycles. The standard InChI is InChI=1S/C21H22F3N3O3S/c22-15-2-4-17-20(12-15)30-26-21(17)14-6-10-27(11-7-14)9-1-8-25-31(28,29)16-3-5-18(23)19(24)13-16/h2-5,12-14,25H,1,6-11H2. The first-order chi connectivity index (χ1) is 14.8. The number of nitrogens with zero attached hydrogens (tertiary/aromatic N) is 2. The fourth-order valence-corrected chi connectivity index (χ4v) is 4.98. The van der Waals surface area contributed by atoms with Gasteiger partial charge in [0.25, 0.3) is 0 Å². The van der Waals surface area contributed by atoms with Crippen molar-refractivity contribution < 1.29 is 26.1 Å². The Hall–Kier alpha value is -2.43. The van der Waals surface area contributed by atoms with E-state index in [4.69, 9.17) is 4.52 Å². The molecule has 6 nitrogen and oxygen atoms in total. The fraction of sp³-hybridized carbons (Fsp3) is 0.381. The second-order valence-corrected chi connectivity index (χ2v) is 9.42. The molecule has 2 heterocycles. The number of aromatic nitrogens is 1. The summed E-state index contributed by atoms with van der Waals surface area (Å²) in [6, 6.07) is 6.93. The SMILES string of the molecule is O=S(=O)(NCCCN1CCC(c2noc3cc(F)ccc23)CC1)c1ccc(F)c(F)c1. The van der Waals surface area contributed by atoms with E-state index >= 15 is 0 Å². The summed E-state index contributed by atoms with van der Waals surface area (Å²) >= 11 is 0. The highest BCUT2D eigenvalue weighted by Gasteiger charge is 2.25. The van der Waals surface area contributed by atoms with Crippen LogP contribution in [0.1, 0.15) is 30.9 Å². The van der Waals surface area contributed by atoms with Crippen LogP contribution in [0.2, 0.25) is 0 Å². The molecular formula is C21H22F3N3O3S. The Labute approximate surface area is 178 Å². The van der Waals surface area contributed by atoms with Gasteiger partial charge in [-0.25, -0.2) is 26.3 Å². The van der Waals surface area contributed by atoms with Crippen LogP contribution in [0, 0.1) is 17.5 Å². The molecule has 3 aromatic rings. The summed E-state index contributed by atoms with van der Waals surface area (Å²) in [5.41, 5.74) is 1.31. The van der Waals surface area contributed by atoms with Gasteiger partial charge in [0, 0.05) is 23.9 Å². The van der Waals surface area contributed by atoms with E-state index in [9.17, 15) is 21.6 Å². The Bertz CT molecular complexity index is 1180. The van der Waals surface area contributed by atoms with Gasteiger partial charge in [-0.2, -0.15) is 0 Å². The minimum Gasteiger partial charge on any atom is -0.356 e. The Kier molecular flexibility index (Phi) is 6.31. The van der Waals surface area contributed by atoms with E-state index < -0.39 is 21.7 Å². The monoisotopic (exact) mass is 453 g/mol. The average Bonchev–Trinajstić information content (AvgIpc) is 3.16. The van der Waals surface area contributed by atoms with Gasteiger partial charge in [0.05, 0.1) is 10.6 Å². The molecule has 1 saturated heterocycles. The molecule has 0 bridgehead atoms. The first-order valence-corrected chi connectivity index (χ1v) is 11.5. The van der Waals surface area contributed by atoms with Gasteiger partial charge in [-0.1, -0.05) is 5.16 Å². The third kappa shape index (κ3) is 4.91. The van der Waals surface area contributed by atoms with Gasteiger partial charge in [0.15, 0.2) is 17.2 Å². The molecule has 1 aliphatic heterocycles. The van der Waals surface area contributed by atoms with E-state index in [-0.39, 0.29) is 23.2 Å². The first kappa shape index (κ1) is 21.8. The molecule has 0 aliphatic carbocycles. The fourth-order valence-electron chi connectivity index (χ4n) is 3.89. The number of halogens is 3. The lowest BCUT2D eigenvalue weighted by Crippen LogP contribution is -2.35. The molecule has 0 amide bonds. The second kappa shape index (κ2) is 8.97. The molecule has 1 aliphatic rings. The largest absolute Gasteiger partial charge is 0.356 e. The number of benzene rings is 2. The van der Waals surface area contributed by atoms with Gasteiger partial charge in [0.2, 0.25) is 10.0 Å². The quantitative estimate of drug-likeness (QED) is 0.551. The van der Waals surface area contributed by atoms with Crippen molar-refractivity contribution in [3.8, 4) is 0 Å². The zero-order chi connectivity index (χ0) is 22.0. The van der Waals surface area contributed by atoms with Crippen LogP contribution in [0.4, 0.5) is 13.2 Å². The maximum atomic E-state index is 13.3. The molecule has 1 fully saturated rings. The summed E-state index contributed by atoms with van der Waals surface area (Å²) < 4.78 is 71.7. The van der Waals surface area contributed by atoms with Gasteiger partial charge >= 0.3 is 0 Å². The van der Waals surface area contributed by atoms with E-state index in [1.54, 1.807) is 6.07 Å². The van der Waals surface area contributed by atoms with Crippen molar-refractivity contribution in [3.63, 3.8) is 0 Å². The topological polar surface area (TPSA) is 75.4 Å². The van der Waals surface area contributed by atoms with Crippen molar-refractivity contribution in [1.82, 2.24) is 14.8 Å². The maximum absolute atomic E-state index is 13.3. The summed E-state index contributed by atoms with van der Waals surface area (Å²) in [7, 11) is -3.89. The zero-order valence-electron chi connectivity index (χ0n) is 16.7. The number of fused-ring (bicyclic) bond motifs is 1. The molecule has 0 atom stereocenters. The Morgan fingerprint density at radius 1 is 1.06 bits per heavy atom. The summed E-state index contributed by atoms with van der Waals surface area (Å²) in [5, 5.41) is 4.98. The highest BCUT2D eigenvalue weighted by Crippen LogP contribution is 2.32.